The van der Waals surface area contributed by atoms with E-state index in [1.807, 2.05) is 4.90 Å². The van der Waals surface area contributed by atoms with E-state index in [2.05, 4.69) is 10.2 Å². The maximum atomic E-state index is 12.1. The van der Waals surface area contributed by atoms with Crippen molar-refractivity contribution in [1.82, 2.24) is 9.80 Å². The first-order valence-electron chi connectivity index (χ1n) is 8.35. The number of nitrogens with zero attached hydrogens (tertiary/aromatic N) is 2. The molecule has 0 spiro atoms. The average molecular weight is 351 g/mol. The number of nitrogens with one attached hydrogen (secondary N) is 1. The van der Waals surface area contributed by atoms with Gasteiger partial charge in [0.15, 0.2) is 0 Å². The molecule has 25 heavy (non-hydrogen) atoms. The molecule has 1 aliphatic heterocycles. The zero-order valence-corrected chi connectivity index (χ0v) is 14.1. The van der Waals surface area contributed by atoms with E-state index in [1.54, 1.807) is 12.1 Å². The second kappa shape index (κ2) is 9.36. The molecule has 8 heteroatoms. The number of aliphatic carboxylic acids is 1. The second-order valence-corrected chi connectivity index (χ2v) is 6.20. The molecule has 0 bridgehead atoms. The molecule has 1 atom stereocenters. The lowest BCUT2D eigenvalue weighted by Crippen LogP contribution is -2.49. The van der Waals surface area contributed by atoms with Gasteiger partial charge in [-0.3, -0.25) is 19.4 Å². The van der Waals surface area contributed by atoms with Gasteiger partial charge in [0.2, 0.25) is 5.91 Å². The lowest BCUT2D eigenvalue weighted by Gasteiger charge is -2.35. The summed E-state index contributed by atoms with van der Waals surface area (Å²) in [5, 5.41) is 30.4. The number of aliphatic hydroxyl groups excluding tert-OH is 1. The van der Waals surface area contributed by atoms with E-state index in [0.717, 1.165) is 26.2 Å². The minimum absolute atomic E-state index is 0.0355. The highest BCUT2D eigenvalue weighted by atomic mass is 16.4. The Kier molecular flexibility index (Phi) is 7.17. The molecule has 1 amide bonds. The minimum Gasteiger partial charge on any atom is -0.508 e. The summed E-state index contributed by atoms with van der Waals surface area (Å²) in [7, 11) is 0. The molecule has 8 nitrogen and oxygen atoms in total. The monoisotopic (exact) mass is 351 g/mol. The van der Waals surface area contributed by atoms with Crippen molar-refractivity contribution in [2.75, 3.05) is 51.2 Å². The molecule has 138 valence electrons. The van der Waals surface area contributed by atoms with Crippen molar-refractivity contribution >= 4 is 17.6 Å². The van der Waals surface area contributed by atoms with Crippen molar-refractivity contribution in [1.29, 1.82) is 0 Å². The maximum Gasteiger partial charge on any atom is 0.308 e. The number of hydrogen-bond acceptors (Lipinski definition) is 6. The topological polar surface area (TPSA) is 113 Å². The number of aliphatic hydroxyl groups is 1. The van der Waals surface area contributed by atoms with Gasteiger partial charge in [0, 0.05) is 57.4 Å². The Morgan fingerprint density at radius 2 is 1.84 bits per heavy atom. The van der Waals surface area contributed by atoms with Gasteiger partial charge >= 0.3 is 5.97 Å². The zero-order valence-electron chi connectivity index (χ0n) is 14.1. The minimum atomic E-state index is -0.996. The molecule has 0 aliphatic carbocycles. The quantitative estimate of drug-likeness (QED) is 0.523. The van der Waals surface area contributed by atoms with Gasteiger partial charge in [-0.15, -0.1) is 0 Å². The van der Waals surface area contributed by atoms with Gasteiger partial charge < -0.3 is 20.6 Å². The molecule has 2 rings (SSSR count). The van der Waals surface area contributed by atoms with Crippen molar-refractivity contribution < 1.29 is 24.9 Å². The van der Waals surface area contributed by atoms with E-state index < -0.39 is 17.8 Å². The van der Waals surface area contributed by atoms with Crippen molar-refractivity contribution in [2.45, 2.75) is 6.42 Å². The largest absolute Gasteiger partial charge is 0.508 e. The number of anilines is 1. The number of amides is 1. The van der Waals surface area contributed by atoms with Crippen LogP contribution in [0.3, 0.4) is 0 Å². The highest BCUT2D eigenvalue weighted by Crippen LogP contribution is 2.17. The molecule has 1 saturated heterocycles. The van der Waals surface area contributed by atoms with E-state index in [-0.39, 0.29) is 18.8 Å². The zero-order chi connectivity index (χ0) is 18.2. The van der Waals surface area contributed by atoms with Gasteiger partial charge in [-0.1, -0.05) is 6.07 Å². The van der Waals surface area contributed by atoms with Crippen LogP contribution in [0.4, 0.5) is 5.69 Å². The lowest BCUT2D eigenvalue weighted by atomic mass is 10.0. The summed E-state index contributed by atoms with van der Waals surface area (Å²) < 4.78 is 0. The van der Waals surface area contributed by atoms with Crippen LogP contribution >= 0.6 is 0 Å². The molecule has 0 unspecified atom stereocenters. The van der Waals surface area contributed by atoms with Gasteiger partial charge in [-0.2, -0.15) is 0 Å². The molecule has 1 fully saturated rings. The molecule has 0 radical (unpaired) electrons. The first-order chi connectivity index (χ1) is 12.0. The van der Waals surface area contributed by atoms with Crippen LogP contribution in [0.25, 0.3) is 0 Å². The third-order valence-electron chi connectivity index (χ3n) is 4.27. The second-order valence-electron chi connectivity index (χ2n) is 6.20. The molecule has 1 aromatic rings. The molecule has 0 saturated carbocycles. The van der Waals surface area contributed by atoms with E-state index in [1.165, 1.54) is 12.1 Å². The summed E-state index contributed by atoms with van der Waals surface area (Å²) in [5.41, 5.74) is 0.437. The number of aromatic hydroxyl groups is 1. The fraction of sp³-hybridized carbons (Fsp3) is 0.529. The van der Waals surface area contributed by atoms with Crippen LogP contribution in [0.1, 0.15) is 6.42 Å². The first-order valence-corrected chi connectivity index (χ1v) is 8.35. The number of carbonyl (C=O) groups is 2. The number of carbonyl (C=O) groups excluding carboxylic acids is 1. The Morgan fingerprint density at radius 3 is 2.44 bits per heavy atom. The average Bonchev–Trinajstić information content (AvgIpc) is 2.56. The third-order valence-corrected chi connectivity index (χ3v) is 4.27. The highest BCUT2D eigenvalue weighted by Gasteiger charge is 2.26. The fourth-order valence-electron chi connectivity index (χ4n) is 2.90. The fourth-order valence-corrected chi connectivity index (χ4v) is 2.90. The molecular formula is C17H25N3O5. The Labute approximate surface area is 146 Å². The number of carboxylic acid groups (broad SMARTS) is 1. The van der Waals surface area contributed by atoms with E-state index >= 15 is 0 Å². The number of benzene rings is 1. The SMILES string of the molecule is O=C(C[C@H](CN1CCN(CCO)CC1)C(=O)O)Nc1cccc(O)c1. The first kappa shape index (κ1) is 19.2. The van der Waals surface area contributed by atoms with Gasteiger partial charge in [-0.25, -0.2) is 0 Å². The van der Waals surface area contributed by atoms with Crippen LogP contribution in [-0.2, 0) is 9.59 Å². The van der Waals surface area contributed by atoms with Crippen LogP contribution in [0, 0.1) is 5.92 Å². The summed E-state index contributed by atoms with van der Waals surface area (Å²) in [6.07, 6.45) is -0.123. The summed E-state index contributed by atoms with van der Waals surface area (Å²) in [5.74, 6) is -2.14. The van der Waals surface area contributed by atoms with E-state index in [0.29, 0.717) is 18.8 Å². The van der Waals surface area contributed by atoms with Gasteiger partial charge in [0.25, 0.3) is 0 Å². The van der Waals surface area contributed by atoms with Crippen LogP contribution in [-0.4, -0.2) is 82.9 Å². The van der Waals surface area contributed by atoms with Crippen molar-refractivity contribution in [2.24, 2.45) is 5.92 Å². The summed E-state index contributed by atoms with van der Waals surface area (Å²) >= 11 is 0. The molecule has 1 aliphatic rings. The number of phenols is 1. The predicted molar refractivity (Wildman–Crippen MR) is 92.4 cm³/mol. The lowest BCUT2D eigenvalue weighted by molar-refractivity contribution is -0.144. The van der Waals surface area contributed by atoms with Gasteiger partial charge in [-0.05, 0) is 12.1 Å². The van der Waals surface area contributed by atoms with Crippen LogP contribution < -0.4 is 5.32 Å². The Hall–Kier alpha value is -2.16. The Bertz CT molecular complexity index is 587. The smallest absolute Gasteiger partial charge is 0.308 e. The number of β-amino-alcohol motifs (C(OH)–C–C–N with tert-alkyl or cyclic N) is 1. The molecular weight excluding hydrogens is 326 g/mol. The maximum absolute atomic E-state index is 12.1. The molecule has 4 N–H and O–H groups in total. The van der Waals surface area contributed by atoms with Crippen molar-refractivity contribution in [3.8, 4) is 5.75 Å². The normalized spacial score (nSPS) is 17.2. The molecule has 1 heterocycles. The van der Waals surface area contributed by atoms with Crippen LogP contribution in [0.5, 0.6) is 5.75 Å². The Balaban J connectivity index is 1.84. The van der Waals surface area contributed by atoms with E-state index in [4.69, 9.17) is 5.11 Å². The molecule has 1 aromatic carbocycles. The summed E-state index contributed by atoms with van der Waals surface area (Å²) in [6.45, 7) is 4.06. The van der Waals surface area contributed by atoms with Crippen molar-refractivity contribution in [3.05, 3.63) is 24.3 Å². The van der Waals surface area contributed by atoms with Crippen molar-refractivity contribution in [3.63, 3.8) is 0 Å². The number of piperazine rings is 1. The number of carboxylic acids is 1. The Morgan fingerprint density at radius 1 is 1.16 bits per heavy atom. The predicted octanol–water partition coefficient (Wildman–Crippen LogP) is 0.0315. The number of rotatable bonds is 8. The highest BCUT2D eigenvalue weighted by molar-refractivity contribution is 5.93. The van der Waals surface area contributed by atoms with Gasteiger partial charge in [0.05, 0.1) is 12.5 Å². The summed E-state index contributed by atoms with van der Waals surface area (Å²) in [6, 6.07) is 6.14. The number of phenolic OH excluding ortho intramolecular Hbond substituents is 1. The van der Waals surface area contributed by atoms with Crippen LogP contribution in [0.15, 0.2) is 24.3 Å². The standard InChI is InChI=1S/C17H25N3O5/c21-9-8-19-4-6-20(7-5-19)12-13(17(24)25)10-16(23)18-14-2-1-3-15(22)11-14/h1-3,11,13,21-22H,4-10,12H2,(H,18,23)(H,24,25)/t13-/m1/s1. The van der Waals surface area contributed by atoms with Gasteiger partial charge in [0.1, 0.15) is 5.75 Å². The third kappa shape index (κ3) is 6.33. The number of hydrogen-bond donors (Lipinski definition) is 4. The summed E-state index contributed by atoms with van der Waals surface area (Å²) in [4.78, 5) is 27.8. The van der Waals surface area contributed by atoms with E-state index in [9.17, 15) is 19.8 Å². The van der Waals surface area contributed by atoms with Crippen LogP contribution in [0.2, 0.25) is 0 Å². The molecule has 0 aromatic heterocycles.